The van der Waals surface area contributed by atoms with Gasteiger partial charge in [0.1, 0.15) is 12.3 Å². The lowest BCUT2D eigenvalue weighted by Gasteiger charge is -2.39. The Morgan fingerprint density at radius 3 is 2.96 bits per heavy atom. The zero-order chi connectivity index (χ0) is 19.1. The Labute approximate surface area is 164 Å². The Kier molecular flexibility index (Phi) is 7.43. The molecular weight excluding hydrogens is 362 g/mol. The zero-order valence-corrected chi connectivity index (χ0v) is 17.0. The normalized spacial score (nSPS) is 20.7. The van der Waals surface area contributed by atoms with Crippen molar-refractivity contribution < 1.29 is 14.1 Å². The van der Waals surface area contributed by atoms with Gasteiger partial charge in [-0.1, -0.05) is 17.6 Å². The molecule has 1 fully saturated rings. The van der Waals surface area contributed by atoms with Crippen molar-refractivity contribution in [1.82, 2.24) is 15.4 Å². The maximum absolute atomic E-state index is 11.9. The van der Waals surface area contributed by atoms with E-state index in [1.807, 2.05) is 23.6 Å². The second-order valence-corrected chi connectivity index (χ2v) is 8.17. The van der Waals surface area contributed by atoms with Crippen LogP contribution in [-0.4, -0.2) is 47.7 Å². The number of thiophene rings is 1. The lowest BCUT2D eigenvalue weighted by Crippen LogP contribution is -2.44. The molecule has 0 aliphatic carbocycles. The Morgan fingerprint density at radius 2 is 2.22 bits per heavy atom. The van der Waals surface area contributed by atoms with E-state index in [9.17, 15) is 4.79 Å². The van der Waals surface area contributed by atoms with E-state index in [-0.39, 0.29) is 19.1 Å². The first kappa shape index (κ1) is 20.0. The first-order chi connectivity index (χ1) is 13.1. The smallest absolute Gasteiger partial charge is 0.246 e. The van der Waals surface area contributed by atoms with Crippen LogP contribution in [0.5, 0.6) is 0 Å². The first-order valence-electron chi connectivity index (χ1n) is 9.73. The predicted molar refractivity (Wildman–Crippen MR) is 107 cm³/mol. The molecule has 0 unspecified atom stereocenters. The van der Waals surface area contributed by atoms with Gasteiger partial charge in [0.15, 0.2) is 5.76 Å². The van der Waals surface area contributed by atoms with E-state index in [1.165, 1.54) is 19.3 Å². The molecule has 0 bridgehead atoms. The SMILES string of the molecule is C[C@H]1CCC[C@H](C)N1CCCNC(=O)COCc1cc(-c2cccs2)on1. The van der Waals surface area contributed by atoms with E-state index in [0.29, 0.717) is 24.3 Å². The second-order valence-electron chi connectivity index (χ2n) is 7.22. The number of hydrogen-bond donors (Lipinski definition) is 1. The van der Waals surface area contributed by atoms with E-state index < -0.39 is 0 Å². The van der Waals surface area contributed by atoms with Gasteiger partial charge in [-0.15, -0.1) is 11.3 Å². The van der Waals surface area contributed by atoms with Crippen molar-refractivity contribution in [3.8, 4) is 10.6 Å². The van der Waals surface area contributed by atoms with E-state index in [1.54, 1.807) is 11.3 Å². The Hall–Kier alpha value is -1.70. The van der Waals surface area contributed by atoms with Crippen LogP contribution in [-0.2, 0) is 16.1 Å². The van der Waals surface area contributed by atoms with Gasteiger partial charge in [-0.3, -0.25) is 9.69 Å². The molecule has 3 rings (SSSR count). The topological polar surface area (TPSA) is 67.6 Å². The zero-order valence-electron chi connectivity index (χ0n) is 16.1. The Bertz CT molecular complexity index is 691. The molecule has 0 saturated carbocycles. The highest BCUT2D eigenvalue weighted by atomic mass is 32.1. The summed E-state index contributed by atoms with van der Waals surface area (Å²) >= 11 is 1.60. The fourth-order valence-corrected chi connectivity index (χ4v) is 4.29. The van der Waals surface area contributed by atoms with Crippen molar-refractivity contribution in [2.45, 2.75) is 58.2 Å². The highest BCUT2D eigenvalue weighted by Gasteiger charge is 2.23. The molecule has 1 saturated heterocycles. The predicted octanol–water partition coefficient (Wildman–Crippen LogP) is 3.69. The first-order valence-corrected chi connectivity index (χ1v) is 10.6. The van der Waals surface area contributed by atoms with Crippen molar-refractivity contribution in [3.05, 3.63) is 29.3 Å². The molecule has 0 aromatic carbocycles. The molecule has 0 radical (unpaired) electrons. The molecule has 3 heterocycles. The average molecular weight is 392 g/mol. The quantitative estimate of drug-likeness (QED) is 0.660. The summed E-state index contributed by atoms with van der Waals surface area (Å²) in [6, 6.07) is 7.10. The second kappa shape index (κ2) is 10.0. The largest absolute Gasteiger partial charge is 0.365 e. The molecule has 1 aliphatic heterocycles. The summed E-state index contributed by atoms with van der Waals surface area (Å²) in [5.74, 6) is 0.644. The van der Waals surface area contributed by atoms with Crippen LogP contribution in [0.2, 0.25) is 0 Å². The summed E-state index contributed by atoms with van der Waals surface area (Å²) in [5.41, 5.74) is 0.694. The van der Waals surface area contributed by atoms with Gasteiger partial charge >= 0.3 is 0 Å². The molecule has 0 spiro atoms. The van der Waals surface area contributed by atoms with Gasteiger partial charge in [-0.05, 0) is 44.6 Å². The van der Waals surface area contributed by atoms with Crippen LogP contribution in [0, 0.1) is 0 Å². The number of ether oxygens (including phenoxy) is 1. The Balaban J connectivity index is 1.29. The van der Waals surface area contributed by atoms with Crippen LogP contribution >= 0.6 is 11.3 Å². The minimum absolute atomic E-state index is 0.0394. The highest BCUT2D eigenvalue weighted by Crippen LogP contribution is 2.25. The molecule has 2 atom stereocenters. The third-order valence-corrected chi connectivity index (χ3v) is 5.98. The van der Waals surface area contributed by atoms with Crippen molar-refractivity contribution in [2.75, 3.05) is 19.7 Å². The van der Waals surface area contributed by atoms with Gasteiger partial charge in [0.25, 0.3) is 0 Å². The molecule has 1 amide bonds. The van der Waals surface area contributed by atoms with E-state index >= 15 is 0 Å². The fourth-order valence-electron chi connectivity index (χ4n) is 3.62. The number of piperidine rings is 1. The van der Waals surface area contributed by atoms with Crippen molar-refractivity contribution >= 4 is 17.2 Å². The van der Waals surface area contributed by atoms with Gasteiger partial charge in [-0.2, -0.15) is 0 Å². The number of nitrogens with zero attached hydrogens (tertiary/aromatic N) is 2. The highest BCUT2D eigenvalue weighted by molar-refractivity contribution is 7.13. The Morgan fingerprint density at radius 1 is 1.41 bits per heavy atom. The molecule has 27 heavy (non-hydrogen) atoms. The van der Waals surface area contributed by atoms with Crippen LogP contribution in [0.3, 0.4) is 0 Å². The standard InChI is InChI=1S/C20H29N3O3S/c1-15-6-3-7-16(2)23(15)10-5-9-21-20(24)14-25-13-17-12-18(26-22-17)19-8-4-11-27-19/h4,8,11-12,15-16H,3,5-7,9-10,13-14H2,1-2H3,(H,21,24)/t15-,16-/m0/s1. The van der Waals surface area contributed by atoms with Gasteiger partial charge < -0.3 is 14.6 Å². The third kappa shape index (κ3) is 5.89. The summed E-state index contributed by atoms with van der Waals surface area (Å²) in [5, 5.41) is 8.90. The summed E-state index contributed by atoms with van der Waals surface area (Å²) in [7, 11) is 0. The number of likely N-dealkylation sites (tertiary alicyclic amines) is 1. The maximum atomic E-state index is 11.9. The molecular formula is C20H29N3O3S. The minimum Gasteiger partial charge on any atom is -0.365 e. The van der Waals surface area contributed by atoms with Gasteiger partial charge in [0, 0.05) is 31.2 Å². The van der Waals surface area contributed by atoms with Crippen LogP contribution < -0.4 is 5.32 Å². The lowest BCUT2D eigenvalue weighted by molar-refractivity contribution is -0.126. The molecule has 1 N–H and O–H groups in total. The molecule has 7 heteroatoms. The molecule has 6 nitrogen and oxygen atoms in total. The number of nitrogens with one attached hydrogen (secondary N) is 1. The average Bonchev–Trinajstić information content (AvgIpc) is 3.32. The van der Waals surface area contributed by atoms with E-state index in [2.05, 4.69) is 29.2 Å². The number of carbonyl (C=O) groups excluding carboxylic acids is 1. The van der Waals surface area contributed by atoms with Gasteiger partial charge in [0.05, 0.1) is 11.5 Å². The fraction of sp³-hybridized carbons (Fsp3) is 0.600. The number of rotatable bonds is 9. The monoisotopic (exact) mass is 391 g/mol. The molecule has 1 aliphatic rings. The summed E-state index contributed by atoms with van der Waals surface area (Å²) < 4.78 is 10.7. The van der Waals surface area contributed by atoms with Crippen LogP contribution in [0.1, 0.15) is 45.2 Å². The van der Waals surface area contributed by atoms with E-state index in [4.69, 9.17) is 9.26 Å². The third-order valence-electron chi connectivity index (χ3n) is 5.10. The van der Waals surface area contributed by atoms with Crippen molar-refractivity contribution in [2.24, 2.45) is 0 Å². The van der Waals surface area contributed by atoms with E-state index in [0.717, 1.165) is 23.6 Å². The van der Waals surface area contributed by atoms with Crippen LogP contribution in [0.15, 0.2) is 28.1 Å². The number of aromatic nitrogens is 1. The molecule has 2 aromatic rings. The lowest BCUT2D eigenvalue weighted by atomic mass is 9.97. The van der Waals surface area contributed by atoms with Crippen molar-refractivity contribution in [3.63, 3.8) is 0 Å². The molecule has 2 aromatic heterocycles. The maximum Gasteiger partial charge on any atom is 0.246 e. The van der Waals surface area contributed by atoms with Crippen LogP contribution in [0.25, 0.3) is 10.6 Å². The summed E-state index contributed by atoms with van der Waals surface area (Å²) in [4.78, 5) is 15.5. The van der Waals surface area contributed by atoms with Gasteiger partial charge in [-0.25, -0.2) is 0 Å². The molecule has 148 valence electrons. The minimum atomic E-state index is -0.0864. The van der Waals surface area contributed by atoms with Crippen molar-refractivity contribution in [1.29, 1.82) is 0 Å². The summed E-state index contributed by atoms with van der Waals surface area (Å²) in [6.45, 7) is 6.63. The number of amides is 1. The number of carbonyl (C=O) groups is 1. The van der Waals surface area contributed by atoms with Gasteiger partial charge in [0.2, 0.25) is 5.91 Å². The number of hydrogen-bond acceptors (Lipinski definition) is 6. The summed E-state index contributed by atoms with van der Waals surface area (Å²) in [6.07, 6.45) is 4.85. The van der Waals surface area contributed by atoms with Crippen LogP contribution in [0.4, 0.5) is 0 Å².